The molecule has 0 spiro atoms. The second-order valence-corrected chi connectivity index (χ2v) is 5.81. The lowest BCUT2D eigenvalue weighted by Gasteiger charge is -2.08. The van der Waals surface area contributed by atoms with Crippen LogP contribution in [0.2, 0.25) is 0 Å². The molecule has 1 N–H and O–H groups in total. The van der Waals surface area contributed by atoms with Crippen LogP contribution in [-0.2, 0) is 0 Å². The minimum atomic E-state index is -0.548. The van der Waals surface area contributed by atoms with E-state index in [1.165, 1.54) is 18.2 Å². The van der Waals surface area contributed by atoms with Gasteiger partial charge in [0.25, 0.3) is 11.6 Å². The highest BCUT2D eigenvalue weighted by molar-refractivity contribution is 9.10. The summed E-state index contributed by atoms with van der Waals surface area (Å²) in [7, 11) is 0. The van der Waals surface area contributed by atoms with Crippen LogP contribution in [0.4, 0.5) is 11.4 Å². The van der Waals surface area contributed by atoms with Crippen LogP contribution < -0.4 is 5.32 Å². The number of aryl methyl sites for hydroxylation is 1. The number of carbonyl (C=O) groups excluding carboxylic acids is 1. The predicted octanol–water partition coefficient (Wildman–Crippen LogP) is 4.08. The van der Waals surface area contributed by atoms with Gasteiger partial charge in [0.05, 0.1) is 20.8 Å². The van der Waals surface area contributed by atoms with Gasteiger partial charge in [-0.25, -0.2) is 4.98 Å². The summed E-state index contributed by atoms with van der Waals surface area (Å²) in [4.78, 5) is 26.6. The number of amides is 1. The molecule has 0 saturated carbocycles. The number of benzene rings is 1. The van der Waals surface area contributed by atoms with Crippen molar-refractivity contribution >= 4 is 49.1 Å². The number of aromatic nitrogens is 1. The highest BCUT2D eigenvalue weighted by atomic mass is 79.9. The molecule has 0 bridgehead atoms. The molecule has 2 rings (SSSR count). The molecule has 1 aromatic carbocycles. The number of hydrogen-bond donors (Lipinski definition) is 1. The fourth-order valence-corrected chi connectivity index (χ4v) is 2.44. The predicted molar refractivity (Wildman–Crippen MR) is 85.4 cm³/mol. The van der Waals surface area contributed by atoms with Crippen LogP contribution in [-0.4, -0.2) is 15.8 Å². The smallest absolute Gasteiger partial charge is 0.284 e. The van der Waals surface area contributed by atoms with Crippen LogP contribution in [0.15, 0.2) is 39.4 Å². The van der Waals surface area contributed by atoms with E-state index >= 15 is 0 Å². The normalized spacial score (nSPS) is 10.2. The Balaban J connectivity index is 2.28. The van der Waals surface area contributed by atoms with Crippen molar-refractivity contribution in [1.82, 2.24) is 4.98 Å². The molecule has 8 heteroatoms. The van der Waals surface area contributed by atoms with Gasteiger partial charge in [-0.15, -0.1) is 0 Å². The van der Waals surface area contributed by atoms with Crippen LogP contribution in [0.1, 0.15) is 16.1 Å². The van der Waals surface area contributed by atoms with Gasteiger partial charge in [0.15, 0.2) is 0 Å². The molecule has 1 aromatic heterocycles. The Labute approximate surface area is 137 Å². The number of rotatable bonds is 3. The lowest BCUT2D eigenvalue weighted by atomic mass is 10.2. The van der Waals surface area contributed by atoms with Gasteiger partial charge in [-0.05, 0) is 63.0 Å². The number of nitro groups is 1. The van der Waals surface area contributed by atoms with Crippen LogP contribution in [0.25, 0.3) is 0 Å². The van der Waals surface area contributed by atoms with E-state index in [1.807, 2.05) is 0 Å². The minimum Gasteiger partial charge on any atom is -0.320 e. The first-order valence-electron chi connectivity index (χ1n) is 5.77. The van der Waals surface area contributed by atoms with Gasteiger partial charge in [0, 0.05) is 11.6 Å². The van der Waals surface area contributed by atoms with Gasteiger partial charge in [0.1, 0.15) is 4.60 Å². The molecular weight excluding hydrogens is 406 g/mol. The summed E-state index contributed by atoms with van der Waals surface area (Å²) < 4.78 is 0.989. The number of halogens is 2. The van der Waals surface area contributed by atoms with E-state index in [4.69, 9.17) is 0 Å². The molecule has 1 heterocycles. The molecule has 0 aliphatic rings. The maximum absolute atomic E-state index is 12.1. The van der Waals surface area contributed by atoms with Crippen molar-refractivity contribution in [2.45, 2.75) is 6.92 Å². The van der Waals surface area contributed by atoms with Gasteiger partial charge >= 0.3 is 0 Å². The SMILES string of the molecule is Cc1nc(Br)ccc1NC(=O)c1ccc(Br)c([N+](=O)[O-])c1. The molecule has 0 radical (unpaired) electrons. The molecule has 0 atom stereocenters. The van der Waals surface area contributed by atoms with Crippen molar-refractivity contribution in [2.24, 2.45) is 0 Å². The zero-order chi connectivity index (χ0) is 15.6. The molecule has 0 fully saturated rings. The van der Waals surface area contributed by atoms with E-state index in [-0.39, 0.29) is 11.3 Å². The van der Waals surface area contributed by atoms with Crippen LogP contribution in [0.3, 0.4) is 0 Å². The third-order valence-corrected chi connectivity index (χ3v) is 3.82. The standard InChI is InChI=1S/C13H9Br2N3O3/c1-7-10(4-5-12(15)16-7)17-13(19)8-2-3-9(14)11(6-8)18(20)21/h2-6H,1H3,(H,17,19). The first kappa shape index (κ1) is 15.6. The maximum atomic E-state index is 12.1. The first-order chi connectivity index (χ1) is 9.88. The van der Waals surface area contributed by atoms with Gasteiger partial charge in [-0.1, -0.05) is 0 Å². The van der Waals surface area contributed by atoms with Gasteiger partial charge in [-0.2, -0.15) is 0 Å². The van der Waals surface area contributed by atoms with Crippen molar-refractivity contribution in [3.05, 3.63) is 60.8 Å². The number of anilines is 1. The summed E-state index contributed by atoms with van der Waals surface area (Å²) in [5.41, 5.74) is 1.23. The maximum Gasteiger partial charge on any atom is 0.284 e. The van der Waals surface area contributed by atoms with Gasteiger partial charge in [-0.3, -0.25) is 14.9 Å². The summed E-state index contributed by atoms with van der Waals surface area (Å²) in [6.45, 7) is 1.75. The topological polar surface area (TPSA) is 85.1 Å². The van der Waals surface area contributed by atoms with Gasteiger partial charge in [0.2, 0.25) is 0 Å². The van der Waals surface area contributed by atoms with E-state index in [0.29, 0.717) is 20.5 Å². The van der Waals surface area contributed by atoms with Crippen molar-refractivity contribution in [3.63, 3.8) is 0 Å². The molecule has 1 amide bonds. The number of nitrogens with one attached hydrogen (secondary N) is 1. The van der Waals surface area contributed by atoms with Crippen LogP contribution in [0, 0.1) is 17.0 Å². The summed E-state index contributed by atoms with van der Waals surface area (Å²) in [6.07, 6.45) is 0. The third kappa shape index (κ3) is 3.64. The molecule has 0 unspecified atom stereocenters. The molecule has 0 aliphatic carbocycles. The largest absolute Gasteiger partial charge is 0.320 e. The monoisotopic (exact) mass is 413 g/mol. The highest BCUT2D eigenvalue weighted by Crippen LogP contribution is 2.26. The average molecular weight is 415 g/mol. The van der Waals surface area contributed by atoms with Crippen molar-refractivity contribution in [1.29, 1.82) is 0 Å². The average Bonchev–Trinajstić information content (AvgIpc) is 2.42. The summed E-state index contributed by atoms with van der Waals surface area (Å²) in [6, 6.07) is 7.61. The van der Waals surface area contributed by atoms with Crippen molar-refractivity contribution in [3.8, 4) is 0 Å². The molecule has 0 saturated heterocycles. The summed E-state index contributed by atoms with van der Waals surface area (Å²) in [5, 5.41) is 13.6. The van der Waals surface area contributed by atoms with E-state index in [9.17, 15) is 14.9 Å². The quantitative estimate of drug-likeness (QED) is 0.465. The van der Waals surface area contributed by atoms with Gasteiger partial charge < -0.3 is 5.32 Å². The number of carbonyl (C=O) groups is 1. The Hall–Kier alpha value is -1.80. The fourth-order valence-electron chi connectivity index (χ4n) is 1.65. The summed E-state index contributed by atoms with van der Waals surface area (Å²) >= 11 is 6.31. The third-order valence-electron chi connectivity index (χ3n) is 2.71. The Morgan fingerprint density at radius 2 is 2.00 bits per heavy atom. The summed E-state index contributed by atoms with van der Waals surface area (Å²) in [5.74, 6) is -0.433. The highest BCUT2D eigenvalue weighted by Gasteiger charge is 2.16. The lowest BCUT2D eigenvalue weighted by molar-refractivity contribution is -0.385. The molecule has 0 aliphatic heterocycles. The molecule has 2 aromatic rings. The molecule has 6 nitrogen and oxygen atoms in total. The lowest BCUT2D eigenvalue weighted by Crippen LogP contribution is -2.13. The Bertz CT molecular complexity index is 735. The fraction of sp³-hybridized carbons (Fsp3) is 0.0769. The minimum absolute atomic E-state index is 0.159. The van der Waals surface area contributed by atoms with Crippen LogP contribution >= 0.6 is 31.9 Å². The molecule has 21 heavy (non-hydrogen) atoms. The number of nitrogens with zero attached hydrogens (tertiary/aromatic N) is 2. The Kier molecular flexibility index (Phi) is 4.69. The second-order valence-electron chi connectivity index (χ2n) is 4.14. The van der Waals surface area contributed by atoms with Crippen molar-refractivity contribution < 1.29 is 9.72 Å². The van der Waals surface area contributed by atoms with E-state index in [0.717, 1.165) is 0 Å². The number of nitro benzene ring substituents is 1. The second kappa shape index (κ2) is 6.31. The van der Waals surface area contributed by atoms with E-state index < -0.39 is 10.8 Å². The van der Waals surface area contributed by atoms with Crippen LogP contribution in [0.5, 0.6) is 0 Å². The number of hydrogen-bond acceptors (Lipinski definition) is 4. The molecular formula is C13H9Br2N3O3. The van der Waals surface area contributed by atoms with E-state index in [2.05, 4.69) is 42.2 Å². The zero-order valence-electron chi connectivity index (χ0n) is 10.8. The van der Waals surface area contributed by atoms with Crippen molar-refractivity contribution in [2.75, 3.05) is 5.32 Å². The Morgan fingerprint density at radius 1 is 1.29 bits per heavy atom. The molecule has 108 valence electrons. The van der Waals surface area contributed by atoms with E-state index in [1.54, 1.807) is 19.1 Å². The first-order valence-corrected chi connectivity index (χ1v) is 7.35. The number of pyridine rings is 1. The zero-order valence-corrected chi connectivity index (χ0v) is 13.9. The Morgan fingerprint density at radius 3 is 2.62 bits per heavy atom.